The van der Waals surface area contributed by atoms with Crippen molar-refractivity contribution in [3.63, 3.8) is 0 Å². The standard InChI is InChI=1S/C10H11N3/c1-2-4-9-8(3-1)10-11-5-6-13(10)7-12-9/h1-4,12H,5-7H2. The van der Waals surface area contributed by atoms with Crippen molar-refractivity contribution in [2.45, 2.75) is 0 Å². The minimum absolute atomic E-state index is 0.899. The Hall–Kier alpha value is -1.51. The third kappa shape index (κ3) is 0.932. The van der Waals surface area contributed by atoms with E-state index < -0.39 is 0 Å². The van der Waals surface area contributed by atoms with Gasteiger partial charge in [-0.25, -0.2) is 0 Å². The van der Waals surface area contributed by atoms with E-state index in [1.54, 1.807) is 0 Å². The maximum Gasteiger partial charge on any atom is 0.134 e. The number of nitrogens with one attached hydrogen (secondary N) is 1. The van der Waals surface area contributed by atoms with Crippen LogP contribution in [0.2, 0.25) is 0 Å². The smallest absolute Gasteiger partial charge is 0.134 e. The van der Waals surface area contributed by atoms with Gasteiger partial charge in [-0.05, 0) is 12.1 Å². The third-order valence-corrected chi connectivity index (χ3v) is 2.56. The number of anilines is 1. The van der Waals surface area contributed by atoms with Crippen LogP contribution in [0.4, 0.5) is 5.69 Å². The molecule has 3 rings (SSSR count). The highest BCUT2D eigenvalue weighted by Gasteiger charge is 2.24. The zero-order valence-electron chi connectivity index (χ0n) is 7.33. The molecule has 66 valence electrons. The SMILES string of the molecule is c1ccc2c(c1)NCN1CCN=C21. The number of benzene rings is 1. The van der Waals surface area contributed by atoms with Gasteiger partial charge in [0.1, 0.15) is 5.84 Å². The topological polar surface area (TPSA) is 27.6 Å². The largest absolute Gasteiger partial charge is 0.367 e. The van der Waals surface area contributed by atoms with Crippen molar-refractivity contribution in [2.75, 3.05) is 25.1 Å². The molecule has 2 aliphatic heterocycles. The Labute approximate surface area is 77.1 Å². The maximum absolute atomic E-state index is 4.50. The molecular formula is C10H11N3. The molecule has 0 aliphatic carbocycles. The number of hydrogen-bond donors (Lipinski definition) is 1. The molecule has 0 radical (unpaired) electrons. The van der Waals surface area contributed by atoms with E-state index in [1.165, 1.54) is 11.3 Å². The molecule has 1 aromatic rings. The number of aliphatic imine (C=N–C) groups is 1. The van der Waals surface area contributed by atoms with Crippen LogP contribution in [-0.4, -0.2) is 30.5 Å². The van der Waals surface area contributed by atoms with Gasteiger partial charge >= 0.3 is 0 Å². The summed E-state index contributed by atoms with van der Waals surface area (Å²) in [5.41, 5.74) is 2.45. The van der Waals surface area contributed by atoms with E-state index in [4.69, 9.17) is 0 Å². The molecule has 3 heteroatoms. The van der Waals surface area contributed by atoms with E-state index >= 15 is 0 Å². The third-order valence-electron chi connectivity index (χ3n) is 2.56. The number of amidine groups is 1. The summed E-state index contributed by atoms with van der Waals surface area (Å²) >= 11 is 0. The van der Waals surface area contributed by atoms with Gasteiger partial charge in [0.25, 0.3) is 0 Å². The lowest BCUT2D eigenvalue weighted by Gasteiger charge is -2.28. The van der Waals surface area contributed by atoms with Crippen molar-refractivity contribution in [1.29, 1.82) is 0 Å². The molecule has 0 saturated carbocycles. The summed E-state index contributed by atoms with van der Waals surface area (Å²) in [6.07, 6.45) is 0. The van der Waals surface area contributed by atoms with E-state index in [0.29, 0.717) is 0 Å². The van der Waals surface area contributed by atoms with Crippen LogP contribution in [0.3, 0.4) is 0 Å². The second kappa shape index (κ2) is 2.49. The molecule has 1 N–H and O–H groups in total. The van der Waals surface area contributed by atoms with Gasteiger partial charge in [-0.2, -0.15) is 0 Å². The molecule has 0 aromatic heterocycles. The second-order valence-corrected chi connectivity index (χ2v) is 3.35. The zero-order valence-corrected chi connectivity index (χ0v) is 7.33. The van der Waals surface area contributed by atoms with Crippen LogP contribution in [0.25, 0.3) is 0 Å². The van der Waals surface area contributed by atoms with Crippen molar-refractivity contribution in [3.8, 4) is 0 Å². The first-order chi connectivity index (χ1) is 6.45. The quantitative estimate of drug-likeness (QED) is 0.637. The Morgan fingerprint density at radius 1 is 1.31 bits per heavy atom. The fraction of sp³-hybridized carbons (Fsp3) is 0.300. The highest BCUT2D eigenvalue weighted by Crippen LogP contribution is 2.23. The van der Waals surface area contributed by atoms with Crippen molar-refractivity contribution in [2.24, 2.45) is 4.99 Å². The van der Waals surface area contributed by atoms with Gasteiger partial charge in [0.15, 0.2) is 0 Å². The first-order valence-corrected chi connectivity index (χ1v) is 4.58. The number of para-hydroxylation sites is 1. The molecule has 2 aliphatic rings. The lowest BCUT2D eigenvalue weighted by atomic mass is 10.1. The minimum atomic E-state index is 0.899. The van der Waals surface area contributed by atoms with Crippen LogP contribution >= 0.6 is 0 Å². The van der Waals surface area contributed by atoms with Crippen LogP contribution in [-0.2, 0) is 0 Å². The van der Waals surface area contributed by atoms with E-state index in [1.807, 2.05) is 0 Å². The summed E-state index contributed by atoms with van der Waals surface area (Å²) in [6, 6.07) is 8.34. The van der Waals surface area contributed by atoms with Crippen molar-refractivity contribution in [3.05, 3.63) is 29.8 Å². The summed E-state index contributed by atoms with van der Waals surface area (Å²) < 4.78 is 0. The van der Waals surface area contributed by atoms with Crippen molar-refractivity contribution >= 4 is 11.5 Å². The summed E-state index contributed by atoms with van der Waals surface area (Å²) in [4.78, 5) is 6.78. The monoisotopic (exact) mass is 173 g/mol. The molecule has 0 bridgehead atoms. The minimum Gasteiger partial charge on any atom is -0.367 e. The molecule has 3 nitrogen and oxygen atoms in total. The Morgan fingerprint density at radius 2 is 2.23 bits per heavy atom. The molecule has 2 heterocycles. The summed E-state index contributed by atoms with van der Waals surface area (Å²) in [7, 11) is 0. The van der Waals surface area contributed by atoms with Crippen LogP contribution in [0.15, 0.2) is 29.3 Å². The molecule has 1 aromatic carbocycles. The van der Waals surface area contributed by atoms with Gasteiger partial charge in [-0.3, -0.25) is 4.99 Å². The number of nitrogens with zero attached hydrogens (tertiary/aromatic N) is 2. The Kier molecular flexibility index (Phi) is 1.33. The van der Waals surface area contributed by atoms with Crippen LogP contribution < -0.4 is 5.32 Å². The predicted octanol–water partition coefficient (Wildman–Crippen LogP) is 1.13. The molecule has 0 amide bonds. The van der Waals surface area contributed by atoms with Crippen LogP contribution in [0.5, 0.6) is 0 Å². The Balaban J connectivity index is 2.15. The van der Waals surface area contributed by atoms with Crippen LogP contribution in [0.1, 0.15) is 5.56 Å². The maximum atomic E-state index is 4.50. The van der Waals surface area contributed by atoms with E-state index in [2.05, 4.69) is 39.5 Å². The number of rotatable bonds is 0. The van der Waals surface area contributed by atoms with Gasteiger partial charge in [-0.15, -0.1) is 0 Å². The highest BCUT2D eigenvalue weighted by atomic mass is 15.3. The first kappa shape index (κ1) is 6.95. The van der Waals surface area contributed by atoms with Crippen molar-refractivity contribution < 1.29 is 0 Å². The summed E-state index contributed by atoms with van der Waals surface area (Å²) in [5, 5.41) is 3.38. The molecule has 0 fully saturated rings. The number of fused-ring (bicyclic) bond motifs is 3. The Bertz CT molecular complexity index is 370. The Morgan fingerprint density at radius 3 is 3.23 bits per heavy atom. The van der Waals surface area contributed by atoms with Gasteiger partial charge in [0.05, 0.1) is 13.2 Å². The van der Waals surface area contributed by atoms with Crippen LogP contribution in [0, 0.1) is 0 Å². The normalized spacial score (nSPS) is 18.8. The number of hydrogen-bond acceptors (Lipinski definition) is 3. The fourth-order valence-electron chi connectivity index (χ4n) is 1.90. The zero-order chi connectivity index (χ0) is 8.67. The average molecular weight is 173 g/mol. The highest BCUT2D eigenvalue weighted by molar-refractivity contribution is 6.05. The van der Waals surface area contributed by atoms with Gasteiger partial charge < -0.3 is 10.2 Å². The first-order valence-electron chi connectivity index (χ1n) is 4.58. The molecule has 0 saturated heterocycles. The average Bonchev–Trinajstić information content (AvgIpc) is 2.65. The molecule has 0 unspecified atom stereocenters. The predicted molar refractivity (Wildman–Crippen MR) is 53.0 cm³/mol. The molecular weight excluding hydrogens is 162 g/mol. The van der Waals surface area contributed by atoms with Gasteiger partial charge in [0.2, 0.25) is 0 Å². The molecule has 0 spiro atoms. The fourth-order valence-corrected chi connectivity index (χ4v) is 1.90. The van der Waals surface area contributed by atoms with E-state index in [9.17, 15) is 0 Å². The lowest BCUT2D eigenvalue weighted by molar-refractivity contribution is 0.484. The molecule has 0 atom stereocenters. The van der Waals surface area contributed by atoms with E-state index in [0.717, 1.165) is 25.6 Å². The lowest BCUT2D eigenvalue weighted by Crippen LogP contribution is -2.37. The van der Waals surface area contributed by atoms with Gasteiger partial charge in [0, 0.05) is 17.8 Å². The summed E-state index contributed by atoms with van der Waals surface area (Å²) in [5.74, 6) is 1.16. The van der Waals surface area contributed by atoms with Gasteiger partial charge in [-0.1, -0.05) is 12.1 Å². The molecule has 13 heavy (non-hydrogen) atoms. The van der Waals surface area contributed by atoms with E-state index in [-0.39, 0.29) is 0 Å². The second-order valence-electron chi connectivity index (χ2n) is 3.35. The summed E-state index contributed by atoms with van der Waals surface area (Å²) in [6.45, 7) is 2.89. The van der Waals surface area contributed by atoms with Crippen molar-refractivity contribution in [1.82, 2.24) is 4.90 Å².